The summed E-state index contributed by atoms with van der Waals surface area (Å²) in [6.45, 7) is 0. The minimum Gasteiger partial charge on any atom is -0.290 e. The molecule has 0 aliphatic heterocycles. The molecular weight excluding hydrogens is 466 g/mol. The monoisotopic (exact) mass is 485 g/mol. The molecule has 0 fully saturated rings. The Kier molecular flexibility index (Phi) is 3.73. The zero-order chi connectivity index (χ0) is 24.8. The lowest BCUT2D eigenvalue weighted by molar-refractivity contribution is 1.26. The first-order valence-corrected chi connectivity index (χ1v) is 12.7. The molecule has 0 amide bonds. The molecule has 0 N–H and O–H groups in total. The number of hydrogen-bond donors (Lipinski definition) is 0. The van der Waals surface area contributed by atoms with Crippen LogP contribution in [-0.4, -0.2) is 23.8 Å². The van der Waals surface area contributed by atoms with E-state index in [0.29, 0.717) is 0 Å². The van der Waals surface area contributed by atoms with E-state index in [1.807, 2.05) is 18.2 Å². The molecule has 0 aliphatic carbocycles. The summed E-state index contributed by atoms with van der Waals surface area (Å²) in [5.41, 5.74) is 9.50. The number of imidazole rings is 2. The number of pyridine rings is 1. The van der Waals surface area contributed by atoms with E-state index in [0.717, 1.165) is 66.2 Å². The second-order valence-electron chi connectivity index (χ2n) is 9.78. The van der Waals surface area contributed by atoms with Gasteiger partial charge in [0, 0.05) is 10.8 Å². The van der Waals surface area contributed by atoms with Crippen molar-refractivity contribution in [3.63, 3.8) is 0 Å². The van der Waals surface area contributed by atoms with Crippen LogP contribution in [0.15, 0.2) is 115 Å². The van der Waals surface area contributed by atoms with Crippen LogP contribution in [0.3, 0.4) is 0 Å². The van der Waals surface area contributed by atoms with Gasteiger partial charge in [-0.05, 0) is 59.3 Å². The van der Waals surface area contributed by atoms with Gasteiger partial charge in [0.15, 0.2) is 5.65 Å². The molecule has 0 spiro atoms. The molecule has 176 valence electrons. The average Bonchev–Trinajstić information content (AvgIpc) is 3.54. The molecule has 0 saturated heterocycles. The Morgan fingerprint density at radius 1 is 0.395 bits per heavy atom. The van der Waals surface area contributed by atoms with Crippen LogP contribution in [0.25, 0.3) is 77.0 Å². The Bertz CT molecular complexity index is 2290. The molecule has 4 aromatic heterocycles. The van der Waals surface area contributed by atoms with Crippen LogP contribution in [0.5, 0.6) is 0 Å². The predicted octanol–water partition coefficient (Wildman–Crippen LogP) is 7.86. The molecule has 0 saturated carbocycles. The summed E-state index contributed by atoms with van der Waals surface area (Å²) < 4.78 is 4.53. The van der Waals surface area contributed by atoms with Gasteiger partial charge in [0.25, 0.3) is 0 Å². The maximum absolute atomic E-state index is 5.24. The van der Waals surface area contributed by atoms with Crippen LogP contribution < -0.4 is 0 Å². The lowest BCUT2D eigenvalue weighted by Crippen LogP contribution is -1.96. The van der Waals surface area contributed by atoms with Gasteiger partial charge in [-0.15, -0.1) is 0 Å². The van der Waals surface area contributed by atoms with Crippen molar-refractivity contribution in [2.45, 2.75) is 0 Å². The standard InChI is InChI=1S/C33H19N5/c1-2-10-21-18-29-23(17-20(21)9-1)32-35-25-13-5-8-16-28(25)38(32)30-19-22-11-3-4-12-24(22)34-31(30)33-36-26-14-6-7-15-27(26)37(29)33/h1-19H. The van der Waals surface area contributed by atoms with Gasteiger partial charge in [0.1, 0.15) is 11.2 Å². The van der Waals surface area contributed by atoms with Gasteiger partial charge in [-0.3, -0.25) is 8.80 Å². The minimum atomic E-state index is 0.826. The van der Waals surface area contributed by atoms with Gasteiger partial charge in [-0.1, -0.05) is 66.7 Å². The molecule has 5 aromatic carbocycles. The molecule has 0 unspecified atom stereocenters. The maximum Gasteiger partial charge on any atom is 0.166 e. The fourth-order valence-electron chi connectivity index (χ4n) is 5.91. The van der Waals surface area contributed by atoms with Gasteiger partial charge in [0.2, 0.25) is 0 Å². The quantitative estimate of drug-likeness (QED) is 0.220. The zero-order valence-electron chi connectivity index (χ0n) is 20.2. The van der Waals surface area contributed by atoms with E-state index in [4.69, 9.17) is 15.0 Å². The van der Waals surface area contributed by atoms with Crippen LogP contribution in [0.1, 0.15) is 0 Å². The second kappa shape index (κ2) is 7.14. The fraction of sp³-hybridized carbons (Fsp3) is 0. The van der Waals surface area contributed by atoms with Crippen molar-refractivity contribution in [2.24, 2.45) is 0 Å². The summed E-state index contributed by atoms with van der Waals surface area (Å²) in [6, 6.07) is 40.2. The Balaban J connectivity index is 1.74. The number of aromatic nitrogens is 5. The van der Waals surface area contributed by atoms with Gasteiger partial charge < -0.3 is 0 Å². The molecule has 4 heterocycles. The van der Waals surface area contributed by atoms with Gasteiger partial charge in [-0.2, -0.15) is 0 Å². The van der Waals surface area contributed by atoms with Crippen LogP contribution in [0.2, 0.25) is 0 Å². The highest BCUT2D eigenvalue weighted by Gasteiger charge is 2.17. The summed E-state index contributed by atoms with van der Waals surface area (Å²) in [6.07, 6.45) is 0. The lowest BCUT2D eigenvalue weighted by Gasteiger charge is -2.10. The SMILES string of the molecule is c1ccc2cc3c(cc2c1)c1nc2ccccc2n1c1cc2ccccc2nc1c1nc2ccccc2n31. The van der Waals surface area contributed by atoms with Crippen LogP contribution in [-0.2, 0) is 0 Å². The predicted molar refractivity (Wildman–Crippen MR) is 156 cm³/mol. The van der Waals surface area contributed by atoms with Gasteiger partial charge >= 0.3 is 0 Å². The topological polar surface area (TPSA) is 47.5 Å². The number of para-hydroxylation sites is 5. The first kappa shape index (κ1) is 19.8. The highest BCUT2D eigenvalue weighted by molar-refractivity contribution is 6.10. The smallest absolute Gasteiger partial charge is 0.166 e. The molecule has 0 aliphatic rings. The second-order valence-corrected chi connectivity index (χ2v) is 9.78. The van der Waals surface area contributed by atoms with Gasteiger partial charge in [0.05, 0.1) is 38.6 Å². The third kappa shape index (κ3) is 2.57. The number of benzene rings is 5. The molecule has 9 rings (SSSR count). The number of hydrogen-bond acceptors (Lipinski definition) is 3. The number of fused-ring (bicyclic) bond motifs is 14. The van der Waals surface area contributed by atoms with E-state index in [2.05, 4.69) is 106 Å². The summed E-state index contributed by atoms with van der Waals surface area (Å²) in [5, 5.41) is 4.48. The van der Waals surface area contributed by atoms with Crippen molar-refractivity contribution in [3.05, 3.63) is 115 Å². The number of nitrogens with zero attached hydrogens (tertiary/aromatic N) is 5. The summed E-state index contributed by atoms with van der Waals surface area (Å²) in [7, 11) is 0. The molecule has 5 nitrogen and oxygen atoms in total. The van der Waals surface area contributed by atoms with Crippen molar-refractivity contribution in [1.82, 2.24) is 23.8 Å². The van der Waals surface area contributed by atoms with E-state index < -0.39 is 0 Å². The first-order chi connectivity index (χ1) is 18.8. The molecule has 5 heteroatoms. The van der Waals surface area contributed by atoms with E-state index in [9.17, 15) is 0 Å². The Hall–Kier alpha value is -5.29. The Morgan fingerprint density at radius 2 is 0.921 bits per heavy atom. The lowest BCUT2D eigenvalue weighted by atomic mass is 10.1. The third-order valence-electron chi connectivity index (χ3n) is 7.62. The van der Waals surface area contributed by atoms with E-state index >= 15 is 0 Å². The van der Waals surface area contributed by atoms with Crippen molar-refractivity contribution >= 4 is 77.0 Å². The highest BCUT2D eigenvalue weighted by Crippen LogP contribution is 2.34. The Labute approximate surface area is 215 Å². The summed E-state index contributed by atoms with van der Waals surface area (Å²) in [4.78, 5) is 15.6. The number of rotatable bonds is 0. The molecule has 0 atom stereocenters. The third-order valence-corrected chi connectivity index (χ3v) is 7.62. The first-order valence-electron chi connectivity index (χ1n) is 12.7. The van der Waals surface area contributed by atoms with E-state index in [1.54, 1.807) is 0 Å². The minimum absolute atomic E-state index is 0.826. The summed E-state index contributed by atoms with van der Waals surface area (Å²) >= 11 is 0. The van der Waals surface area contributed by atoms with Crippen LogP contribution >= 0.6 is 0 Å². The normalized spacial score (nSPS) is 12.2. The van der Waals surface area contributed by atoms with Crippen molar-refractivity contribution in [1.29, 1.82) is 0 Å². The van der Waals surface area contributed by atoms with E-state index in [1.165, 1.54) is 10.8 Å². The molecule has 9 aromatic rings. The van der Waals surface area contributed by atoms with Crippen LogP contribution in [0.4, 0.5) is 0 Å². The molecule has 38 heavy (non-hydrogen) atoms. The zero-order valence-corrected chi connectivity index (χ0v) is 20.2. The van der Waals surface area contributed by atoms with Gasteiger partial charge in [-0.25, -0.2) is 15.0 Å². The maximum atomic E-state index is 5.24. The Morgan fingerprint density at radius 3 is 1.66 bits per heavy atom. The summed E-state index contributed by atoms with van der Waals surface area (Å²) in [5.74, 6) is 0. The molecular formula is C33H19N5. The highest BCUT2D eigenvalue weighted by atomic mass is 15.1. The fourth-order valence-corrected chi connectivity index (χ4v) is 5.91. The van der Waals surface area contributed by atoms with Crippen molar-refractivity contribution in [2.75, 3.05) is 0 Å². The van der Waals surface area contributed by atoms with Crippen LogP contribution in [0, 0.1) is 0 Å². The van der Waals surface area contributed by atoms with Crippen molar-refractivity contribution < 1.29 is 0 Å². The largest absolute Gasteiger partial charge is 0.290 e. The average molecular weight is 486 g/mol. The van der Waals surface area contributed by atoms with Crippen molar-refractivity contribution in [3.8, 4) is 0 Å². The molecule has 0 bridgehead atoms. The molecule has 0 radical (unpaired) electrons. The van der Waals surface area contributed by atoms with E-state index in [-0.39, 0.29) is 0 Å².